The van der Waals surface area contributed by atoms with E-state index in [9.17, 15) is 14.7 Å². The number of allylic oxidation sites excluding steroid dienone is 16. The van der Waals surface area contributed by atoms with Crippen LogP contribution in [0.4, 0.5) is 0 Å². The number of aliphatic hydroxyl groups is 1. The summed E-state index contributed by atoms with van der Waals surface area (Å²) in [6.07, 6.45) is 64.7. The fraction of sp³-hybridized carbons (Fsp3) is 0.647. The summed E-state index contributed by atoms with van der Waals surface area (Å²) in [6, 6.07) is 0. The summed E-state index contributed by atoms with van der Waals surface area (Å²) in [5.41, 5.74) is 0. The van der Waals surface area contributed by atoms with Crippen molar-refractivity contribution in [3.63, 3.8) is 0 Å². The van der Waals surface area contributed by atoms with Gasteiger partial charge in [0.2, 0.25) is 0 Å². The molecular formula is C51H84O5. The first kappa shape index (κ1) is 52.8. The second kappa shape index (κ2) is 46.2. The first-order valence-electron chi connectivity index (χ1n) is 22.8. The van der Waals surface area contributed by atoms with Crippen LogP contribution in [-0.2, 0) is 19.1 Å². The number of carbonyl (C=O) groups excluding carboxylic acids is 2. The number of aliphatic hydroxyl groups excluding tert-OH is 1. The maximum atomic E-state index is 12.2. The molecule has 0 bridgehead atoms. The first-order valence-corrected chi connectivity index (χ1v) is 22.8. The van der Waals surface area contributed by atoms with Crippen molar-refractivity contribution in [3.8, 4) is 0 Å². The fourth-order valence-electron chi connectivity index (χ4n) is 6.01. The number of ether oxygens (including phenoxy) is 2. The van der Waals surface area contributed by atoms with Gasteiger partial charge in [-0.25, -0.2) is 0 Å². The van der Waals surface area contributed by atoms with Crippen LogP contribution in [0.3, 0.4) is 0 Å². The molecule has 318 valence electrons. The van der Waals surface area contributed by atoms with Crippen molar-refractivity contribution < 1.29 is 24.2 Å². The molecule has 5 nitrogen and oxygen atoms in total. The zero-order valence-electron chi connectivity index (χ0n) is 36.1. The topological polar surface area (TPSA) is 72.8 Å². The van der Waals surface area contributed by atoms with Crippen molar-refractivity contribution in [2.75, 3.05) is 13.2 Å². The molecule has 0 amide bonds. The number of rotatable bonds is 40. The number of esters is 2. The van der Waals surface area contributed by atoms with Crippen LogP contribution in [0.2, 0.25) is 0 Å². The Kier molecular flexibility index (Phi) is 43.6. The van der Waals surface area contributed by atoms with Gasteiger partial charge in [-0.2, -0.15) is 0 Å². The van der Waals surface area contributed by atoms with Gasteiger partial charge in [-0.1, -0.05) is 188 Å². The monoisotopic (exact) mass is 777 g/mol. The van der Waals surface area contributed by atoms with E-state index in [4.69, 9.17) is 9.47 Å². The van der Waals surface area contributed by atoms with Gasteiger partial charge in [0, 0.05) is 12.8 Å². The molecule has 1 unspecified atom stereocenters. The van der Waals surface area contributed by atoms with Gasteiger partial charge >= 0.3 is 11.9 Å². The lowest BCUT2D eigenvalue weighted by atomic mass is 10.1. The molecule has 0 aromatic heterocycles. The molecule has 0 fully saturated rings. The summed E-state index contributed by atoms with van der Waals surface area (Å²) in [5.74, 6) is -0.615. The minimum atomic E-state index is -0.786. The zero-order valence-corrected chi connectivity index (χ0v) is 36.1. The molecule has 0 aliphatic heterocycles. The number of hydrogen-bond acceptors (Lipinski definition) is 5. The van der Waals surface area contributed by atoms with Gasteiger partial charge < -0.3 is 14.6 Å². The molecule has 5 heteroatoms. The van der Waals surface area contributed by atoms with Gasteiger partial charge in [0.05, 0.1) is 6.61 Å². The van der Waals surface area contributed by atoms with Crippen molar-refractivity contribution in [1.82, 2.24) is 0 Å². The minimum Gasteiger partial charge on any atom is -0.462 e. The molecule has 1 atom stereocenters. The highest BCUT2D eigenvalue weighted by molar-refractivity contribution is 5.70. The highest BCUT2D eigenvalue weighted by atomic mass is 16.6. The van der Waals surface area contributed by atoms with Gasteiger partial charge in [-0.15, -0.1) is 0 Å². The van der Waals surface area contributed by atoms with E-state index in [1.54, 1.807) is 0 Å². The predicted octanol–water partition coefficient (Wildman–Crippen LogP) is 14.8. The van der Waals surface area contributed by atoms with Crippen molar-refractivity contribution in [2.24, 2.45) is 0 Å². The maximum Gasteiger partial charge on any atom is 0.306 e. The van der Waals surface area contributed by atoms with Crippen molar-refractivity contribution in [2.45, 2.75) is 200 Å². The molecule has 0 saturated carbocycles. The third-order valence-corrected chi connectivity index (χ3v) is 9.37. The molecule has 56 heavy (non-hydrogen) atoms. The Balaban J connectivity index is 3.59. The lowest BCUT2D eigenvalue weighted by molar-refractivity contribution is -0.161. The van der Waals surface area contributed by atoms with Crippen LogP contribution in [0.5, 0.6) is 0 Å². The lowest BCUT2D eigenvalue weighted by Crippen LogP contribution is -2.28. The fourth-order valence-corrected chi connectivity index (χ4v) is 6.01. The molecule has 0 rings (SSSR count). The average molecular weight is 777 g/mol. The van der Waals surface area contributed by atoms with Crippen LogP contribution in [0.15, 0.2) is 97.2 Å². The highest BCUT2D eigenvalue weighted by Gasteiger charge is 2.16. The van der Waals surface area contributed by atoms with Gasteiger partial charge in [-0.05, 0) is 89.9 Å². The largest absolute Gasteiger partial charge is 0.462 e. The van der Waals surface area contributed by atoms with Crippen molar-refractivity contribution in [3.05, 3.63) is 97.2 Å². The molecule has 0 aromatic rings. The summed E-state index contributed by atoms with van der Waals surface area (Å²) in [5, 5.41) is 9.60. The summed E-state index contributed by atoms with van der Waals surface area (Å²) >= 11 is 0. The van der Waals surface area contributed by atoms with Crippen molar-refractivity contribution in [1.29, 1.82) is 0 Å². The Morgan fingerprint density at radius 3 is 1.07 bits per heavy atom. The van der Waals surface area contributed by atoms with Crippen LogP contribution in [0, 0.1) is 0 Å². The minimum absolute atomic E-state index is 0.0791. The van der Waals surface area contributed by atoms with E-state index >= 15 is 0 Å². The molecule has 0 aliphatic carbocycles. The molecular weight excluding hydrogens is 693 g/mol. The normalized spacial score (nSPS) is 13.1. The summed E-state index contributed by atoms with van der Waals surface area (Å²) < 4.78 is 10.6. The van der Waals surface area contributed by atoms with E-state index in [2.05, 4.69) is 111 Å². The third kappa shape index (κ3) is 43.5. The van der Waals surface area contributed by atoms with Crippen LogP contribution < -0.4 is 0 Å². The van der Waals surface area contributed by atoms with Crippen LogP contribution in [-0.4, -0.2) is 36.4 Å². The molecule has 0 aromatic carbocycles. The van der Waals surface area contributed by atoms with Crippen molar-refractivity contribution >= 4 is 11.9 Å². The predicted molar refractivity (Wildman–Crippen MR) is 242 cm³/mol. The number of unbranched alkanes of at least 4 members (excludes halogenated alkanes) is 16. The van der Waals surface area contributed by atoms with E-state index in [-0.39, 0.29) is 25.2 Å². The first-order chi connectivity index (χ1) is 27.6. The average Bonchev–Trinajstić information content (AvgIpc) is 3.20. The van der Waals surface area contributed by atoms with E-state index in [1.165, 1.54) is 64.2 Å². The van der Waals surface area contributed by atoms with E-state index in [0.717, 1.165) is 103 Å². The third-order valence-electron chi connectivity index (χ3n) is 9.37. The van der Waals surface area contributed by atoms with Gasteiger partial charge in [0.15, 0.2) is 6.10 Å². The summed E-state index contributed by atoms with van der Waals surface area (Å²) in [6.45, 7) is 3.90. The van der Waals surface area contributed by atoms with Crippen LogP contribution in [0.25, 0.3) is 0 Å². The smallest absolute Gasteiger partial charge is 0.306 e. The SMILES string of the molecule is CC/C=C\C/C=C\C/C=C\C/C=C\CCCCCCCCCCC(=O)OCC(CO)OC(=O)CCCCCCCCCC/C=C\C/C=C\C/C=C\C/C=C\CC. The molecule has 0 heterocycles. The maximum absolute atomic E-state index is 12.2. The Bertz CT molecular complexity index is 1110. The van der Waals surface area contributed by atoms with Crippen LogP contribution >= 0.6 is 0 Å². The number of hydrogen-bond donors (Lipinski definition) is 1. The van der Waals surface area contributed by atoms with E-state index in [0.29, 0.717) is 12.8 Å². The van der Waals surface area contributed by atoms with Crippen LogP contribution in [0.1, 0.15) is 194 Å². The van der Waals surface area contributed by atoms with Gasteiger partial charge in [0.1, 0.15) is 6.61 Å². The Morgan fingerprint density at radius 1 is 0.411 bits per heavy atom. The lowest BCUT2D eigenvalue weighted by Gasteiger charge is -2.15. The van der Waals surface area contributed by atoms with Gasteiger partial charge in [0.25, 0.3) is 0 Å². The zero-order chi connectivity index (χ0) is 40.7. The van der Waals surface area contributed by atoms with Gasteiger partial charge in [-0.3, -0.25) is 9.59 Å². The second-order valence-electron chi connectivity index (χ2n) is 14.7. The molecule has 1 N–H and O–H groups in total. The molecule has 0 saturated heterocycles. The standard InChI is InChI=1S/C51H84O5/c1-3-5-7-9-11-13-15-17-19-21-23-25-27-29-31-33-35-37-39-41-43-45-50(53)55-48-49(47-52)56-51(54)46-44-42-40-38-36-34-32-30-28-26-24-22-20-18-16-14-12-10-8-6-4-2/h5-8,11-14,17-20,23-26,49,52H,3-4,9-10,15-16,21-22,27-48H2,1-2H3/b7-5-,8-6-,13-11-,14-12-,19-17-,20-18-,25-23-,26-24-. The van der Waals surface area contributed by atoms with E-state index in [1.807, 2.05) is 0 Å². The summed E-state index contributed by atoms with van der Waals surface area (Å²) in [7, 11) is 0. The highest BCUT2D eigenvalue weighted by Crippen LogP contribution is 2.13. The van der Waals surface area contributed by atoms with E-state index < -0.39 is 6.10 Å². The Labute approximate surface area is 345 Å². The molecule has 0 spiro atoms. The number of carbonyl (C=O) groups is 2. The molecule has 0 radical (unpaired) electrons. The second-order valence-corrected chi connectivity index (χ2v) is 14.7. The summed E-state index contributed by atoms with van der Waals surface area (Å²) in [4.78, 5) is 24.4. The quantitative estimate of drug-likeness (QED) is 0.0381. The molecule has 0 aliphatic rings. The Morgan fingerprint density at radius 2 is 0.714 bits per heavy atom. The Hall–Kier alpha value is -3.18.